The Bertz CT molecular complexity index is 1370. The highest BCUT2D eigenvalue weighted by atomic mass is 16.5. The average Bonchev–Trinajstić information content (AvgIpc) is 3.23. The van der Waals surface area contributed by atoms with E-state index in [1.165, 1.54) is 19.1 Å². The number of amides is 1. The smallest absolute Gasteiger partial charge is 0.300 e. The first kappa shape index (κ1) is 25.3. The molecule has 0 saturated carbocycles. The van der Waals surface area contributed by atoms with Crippen LogP contribution >= 0.6 is 0 Å². The molecule has 1 amide bonds. The third-order valence-corrected chi connectivity index (χ3v) is 7.12. The van der Waals surface area contributed by atoms with Gasteiger partial charge in [-0.2, -0.15) is 0 Å². The van der Waals surface area contributed by atoms with Gasteiger partial charge < -0.3 is 24.4 Å². The van der Waals surface area contributed by atoms with E-state index in [2.05, 4.69) is 21.8 Å². The average molecular weight is 515 g/mol. The van der Waals surface area contributed by atoms with Crippen LogP contribution < -0.4 is 19.3 Å². The van der Waals surface area contributed by atoms with Gasteiger partial charge in [-0.1, -0.05) is 0 Å². The van der Waals surface area contributed by atoms with Crippen molar-refractivity contribution in [1.82, 2.24) is 9.88 Å². The van der Waals surface area contributed by atoms with Crippen LogP contribution in [0.4, 0.5) is 11.4 Å². The number of methoxy groups -OCH3 is 2. The van der Waals surface area contributed by atoms with Crippen molar-refractivity contribution in [2.75, 3.05) is 57.2 Å². The van der Waals surface area contributed by atoms with Crippen molar-refractivity contribution < 1.29 is 24.2 Å². The number of pyridine rings is 1. The lowest BCUT2D eigenvalue weighted by Crippen LogP contribution is -2.44. The maximum atomic E-state index is 13.5. The topological polar surface area (TPSA) is 95.4 Å². The molecule has 2 aromatic carbocycles. The molecule has 1 aromatic heterocycles. The van der Waals surface area contributed by atoms with Gasteiger partial charge in [0.1, 0.15) is 17.3 Å². The summed E-state index contributed by atoms with van der Waals surface area (Å²) in [5.41, 5.74) is 2.49. The highest BCUT2D eigenvalue weighted by Crippen LogP contribution is 2.44. The molecule has 0 spiro atoms. The van der Waals surface area contributed by atoms with Gasteiger partial charge in [-0.25, -0.2) is 0 Å². The first-order valence-electron chi connectivity index (χ1n) is 12.4. The molecule has 196 valence electrons. The van der Waals surface area contributed by atoms with Crippen LogP contribution in [-0.4, -0.2) is 74.1 Å². The van der Waals surface area contributed by atoms with Gasteiger partial charge in [-0.3, -0.25) is 19.5 Å². The Morgan fingerprint density at radius 2 is 1.55 bits per heavy atom. The number of aliphatic hydroxyl groups excluding tert-OH is 1. The number of aliphatic hydroxyl groups is 1. The molecular weight excluding hydrogens is 484 g/mol. The van der Waals surface area contributed by atoms with Crippen LogP contribution in [0.5, 0.6) is 11.5 Å². The third-order valence-electron chi connectivity index (χ3n) is 7.12. The molecule has 3 heterocycles. The monoisotopic (exact) mass is 514 g/mol. The SMILES string of the molecule is COc1ccc(OC)c(/C(O)=C2\C(=O)C(=O)N(c3ccc(N4CCN(C)CC4)cc3)C2c2ccncc2)c1. The summed E-state index contributed by atoms with van der Waals surface area (Å²) in [7, 11) is 5.09. The van der Waals surface area contributed by atoms with Gasteiger partial charge in [0.05, 0.1) is 31.4 Å². The second-order valence-electron chi connectivity index (χ2n) is 9.32. The van der Waals surface area contributed by atoms with Gasteiger partial charge in [0.15, 0.2) is 0 Å². The minimum absolute atomic E-state index is 0.0316. The number of ether oxygens (including phenoxy) is 2. The van der Waals surface area contributed by atoms with Gasteiger partial charge in [0.25, 0.3) is 11.7 Å². The number of anilines is 2. The maximum Gasteiger partial charge on any atom is 0.300 e. The van der Waals surface area contributed by atoms with E-state index in [1.54, 1.807) is 42.7 Å². The van der Waals surface area contributed by atoms with Crippen LogP contribution in [0.2, 0.25) is 0 Å². The number of carbonyl (C=O) groups is 2. The molecule has 2 aliphatic heterocycles. The van der Waals surface area contributed by atoms with Crippen LogP contribution in [0, 0.1) is 0 Å². The Kier molecular flexibility index (Phi) is 7.02. The number of ketones is 1. The van der Waals surface area contributed by atoms with E-state index in [0.717, 1.165) is 31.9 Å². The van der Waals surface area contributed by atoms with Crippen molar-refractivity contribution in [3.8, 4) is 11.5 Å². The lowest BCUT2D eigenvalue weighted by Gasteiger charge is -2.34. The Morgan fingerprint density at radius 1 is 0.895 bits per heavy atom. The van der Waals surface area contributed by atoms with Crippen molar-refractivity contribution >= 4 is 28.8 Å². The molecule has 0 bridgehead atoms. The summed E-state index contributed by atoms with van der Waals surface area (Å²) in [4.78, 5) is 37.1. The number of carbonyl (C=O) groups excluding carboxylic acids is 2. The van der Waals surface area contributed by atoms with Gasteiger partial charge in [-0.15, -0.1) is 0 Å². The molecule has 5 rings (SSSR count). The number of rotatable bonds is 6. The summed E-state index contributed by atoms with van der Waals surface area (Å²) in [6.07, 6.45) is 3.19. The van der Waals surface area contributed by atoms with E-state index in [1.807, 2.05) is 24.3 Å². The molecule has 38 heavy (non-hydrogen) atoms. The molecule has 2 saturated heterocycles. The lowest BCUT2D eigenvalue weighted by molar-refractivity contribution is -0.132. The maximum absolute atomic E-state index is 13.5. The number of benzene rings is 2. The molecule has 0 aliphatic carbocycles. The molecule has 9 nitrogen and oxygen atoms in total. The normalized spacial score (nSPS) is 19.6. The summed E-state index contributed by atoms with van der Waals surface area (Å²) in [5.74, 6) is -1.02. The van der Waals surface area contributed by atoms with E-state index in [-0.39, 0.29) is 16.9 Å². The van der Waals surface area contributed by atoms with Crippen LogP contribution in [0.25, 0.3) is 5.76 Å². The van der Waals surface area contributed by atoms with Crippen LogP contribution in [0.3, 0.4) is 0 Å². The first-order valence-corrected chi connectivity index (χ1v) is 12.4. The minimum Gasteiger partial charge on any atom is -0.507 e. The van der Waals surface area contributed by atoms with Gasteiger partial charge in [-0.05, 0) is 67.2 Å². The van der Waals surface area contributed by atoms with Crippen molar-refractivity contribution in [1.29, 1.82) is 0 Å². The summed E-state index contributed by atoms with van der Waals surface area (Å²) < 4.78 is 10.8. The zero-order valence-electron chi connectivity index (χ0n) is 21.6. The van der Waals surface area contributed by atoms with E-state index in [0.29, 0.717) is 22.7 Å². The fourth-order valence-electron chi connectivity index (χ4n) is 4.99. The number of hydrogen-bond donors (Lipinski definition) is 1. The van der Waals surface area contributed by atoms with Crippen LogP contribution in [0.1, 0.15) is 17.2 Å². The summed E-state index contributed by atoms with van der Waals surface area (Å²) in [5, 5.41) is 11.5. The molecular formula is C29H30N4O5. The summed E-state index contributed by atoms with van der Waals surface area (Å²) in [6.45, 7) is 3.79. The second kappa shape index (κ2) is 10.5. The molecule has 1 atom stereocenters. The molecule has 1 unspecified atom stereocenters. The lowest BCUT2D eigenvalue weighted by atomic mass is 9.95. The highest BCUT2D eigenvalue weighted by molar-refractivity contribution is 6.51. The Labute approximate surface area is 221 Å². The van der Waals surface area contributed by atoms with Gasteiger partial charge in [0.2, 0.25) is 0 Å². The van der Waals surface area contributed by atoms with E-state index in [9.17, 15) is 14.7 Å². The Hall–Kier alpha value is -4.37. The van der Waals surface area contributed by atoms with Crippen LogP contribution in [0.15, 0.2) is 72.6 Å². The van der Waals surface area contributed by atoms with E-state index < -0.39 is 17.7 Å². The number of piperazine rings is 1. The molecule has 0 radical (unpaired) electrons. The quantitative estimate of drug-likeness (QED) is 0.304. The molecule has 9 heteroatoms. The van der Waals surface area contributed by atoms with Gasteiger partial charge >= 0.3 is 0 Å². The number of likely N-dealkylation sites (N-methyl/N-ethyl adjacent to an activating group) is 1. The fraction of sp³-hybridized carbons (Fsp3) is 0.276. The zero-order valence-corrected chi connectivity index (χ0v) is 21.6. The number of aromatic nitrogens is 1. The molecule has 1 N–H and O–H groups in total. The predicted octanol–water partition coefficient (Wildman–Crippen LogP) is 3.48. The van der Waals surface area contributed by atoms with Crippen molar-refractivity contribution in [3.05, 3.63) is 83.7 Å². The van der Waals surface area contributed by atoms with Crippen LogP contribution in [-0.2, 0) is 9.59 Å². The number of Topliss-reactive ketones (excluding diaryl/α,β-unsaturated/α-hetero) is 1. The van der Waals surface area contributed by atoms with E-state index >= 15 is 0 Å². The molecule has 3 aromatic rings. The predicted molar refractivity (Wildman–Crippen MR) is 145 cm³/mol. The summed E-state index contributed by atoms with van der Waals surface area (Å²) >= 11 is 0. The zero-order chi connectivity index (χ0) is 26.8. The van der Waals surface area contributed by atoms with Crippen molar-refractivity contribution in [2.24, 2.45) is 0 Å². The van der Waals surface area contributed by atoms with Gasteiger partial charge in [0, 0.05) is 49.9 Å². The standard InChI is InChI=1S/C29H30N4O5/c1-31-14-16-32(17-15-31)20-4-6-21(7-5-20)33-26(19-10-12-30-13-11-19)25(28(35)29(33)36)27(34)23-18-22(37-2)8-9-24(23)38-3/h4-13,18,26,34H,14-17H2,1-3H3/b27-25+. The van der Waals surface area contributed by atoms with Crippen molar-refractivity contribution in [2.45, 2.75) is 6.04 Å². The largest absolute Gasteiger partial charge is 0.507 e. The van der Waals surface area contributed by atoms with Crippen molar-refractivity contribution in [3.63, 3.8) is 0 Å². The summed E-state index contributed by atoms with van der Waals surface area (Å²) in [6, 6.07) is 15.1. The highest BCUT2D eigenvalue weighted by Gasteiger charge is 2.47. The second-order valence-corrected chi connectivity index (χ2v) is 9.32. The molecule has 2 aliphatic rings. The minimum atomic E-state index is -0.858. The Balaban J connectivity index is 1.60. The Morgan fingerprint density at radius 3 is 2.18 bits per heavy atom. The first-order chi connectivity index (χ1) is 18.4. The fourth-order valence-corrected chi connectivity index (χ4v) is 4.99. The third kappa shape index (κ3) is 4.56. The number of nitrogens with zero attached hydrogens (tertiary/aromatic N) is 4. The van der Waals surface area contributed by atoms with E-state index in [4.69, 9.17) is 9.47 Å². The number of hydrogen-bond acceptors (Lipinski definition) is 8. The molecule has 2 fully saturated rings.